The highest BCUT2D eigenvalue weighted by Crippen LogP contribution is 2.16. The standard InChI is InChI=1S/C19H18N6O/c1-26-17-7-5-14(6-8-17)9-10-21-19-24-18(13-22-25-19)23-16-4-2-3-15(11-16)12-20/h2-8,11,13H,9-10H2,1H3,(H2,21,23,24,25). The number of nitrogens with one attached hydrogen (secondary N) is 2. The Hall–Kier alpha value is -3.66. The summed E-state index contributed by atoms with van der Waals surface area (Å²) in [5, 5.41) is 23.2. The lowest BCUT2D eigenvalue weighted by Gasteiger charge is -2.08. The molecule has 0 fully saturated rings. The Morgan fingerprint density at radius 1 is 1.15 bits per heavy atom. The lowest BCUT2D eigenvalue weighted by molar-refractivity contribution is 0.414. The van der Waals surface area contributed by atoms with Crippen LogP contribution >= 0.6 is 0 Å². The van der Waals surface area contributed by atoms with Crippen molar-refractivity contribution in [3.8, 4) is 11.8 Å². The highest BCUT2D eigenvalue weighted by atomic mass is 16.5. The molecule has 2 N–H and O–H groups in total. The van der Waals surface area contributed by atoms with Gasteiger partial charge in [0.2, 0.25) is 5.95 Å². The molecule has 0 unspecified atom stereocenters. The van der Waals surface area contributed by atoms with Gasteiger partial charge in [0.25, 0.3) is 0 Å². The predicted molar refractivity (Wildman–Crippen MR) is 99.5 cm³/mol. The van der Waals surface area contributed by atoms with Crippen LogP contribution in [0.3, 0.4) is 0 Å². The summed E-state index contributed by atoms with van der Waals surface area (Å²) in [6, 6.07) is 17.2. The molecule has 0 aliphatic carbocycles. The van der Waals surface area contributed by atoms with Gasteiger partial charge in [0, 0.05) is 12.2 Å². The van der Waals surface area contributed by atoms with E-state index in [-0.39, 0.29) is 0 Å². The molecule has 130 valence electrons. The van der Waals surface area contributed by atoms with Crippen molar-refractivity contribution in [3.05, 3.63) is 65.9 Å². The molecule has 0 aliphatic heterocycles. The minimum atomic E-state index is 0.444. The van der Waals surface area contributed by atoms with Crippen LogP contribution in [0.4, 0.5) is 17.5 Å². The molecular formula is C19H18N6O. The van der Waals surface area contributed by atoms with Gasteiger partial charge in [0.05, 0.1) is 24.9 Å². The Kier molecular flexibility index (Phi) is 5.58. The Morgan fingerprint density at radius 2 is 2.00 bits per heavy atom. The van der Waals surface area contributed by atoms with Crippen LogP contribution in [0.15, 0.2) is 54.7 Å². The number of benzene rings is 2. The van der Waals surface area contributed by atoms with Crippen LogP contribution in [0.5, 0.6) is 5.75 Å². The summed E-state index contributed by atoms with van der Waals surface area (Å²) in [5.74, 6) is 1.84. The molecule has 7 heteroatoms. The monoisotopic (exact) mass is 346 g/mol. The summed E-state index contributed by atoms with van der Waals surface area (Å²) in [4.78, 5) is 4.38. The van der Waals surface area contributed by atoms with Crippen molar-refractivity contribution in [1.29, 1.82) is 5.26 Å². The van der Waals surface area contributed by atoms with Gasteiger partial charge in [0.1, 0.15) is 5.75 Å². The molecule has 0 bridgehead atoms. The zero-order valence-corrected chi connectivity index (χ0v) is 14.3. The predicted octanol–water partition coefficient (Wildman–Crippen LogP) is 3.15. The molecule has 0 radical (unpaired) electrons. The fraction of sp³-hybridized carbons (Fsp3) is 0.158. The molecule has 1 heterocycles. The molecular weight excluding hydrogens is 328 g/mol. The van der Waals surface area contributed by atoms with Crippen LogP contribution < -0.4 is 15.4 Å². The van der Waals surface area contributed by atoms with Crippen molar-refractivity contribution in [2.75, 3.05) is 24.3 Å². The van der Waals surface area contributed by atoms with E-state index in [2.05, 4.69) is 31.9 Å². The van der Waals surface area contributed by atoms with Crippen LogP contribution in [0, 0.1) is 11.3 Å². The van der Waals surface area contributed by atoms with Crippen molar-refractivity contribution in [2.24, 2.45) is 0 Å². The maximum atomic E-state index is 8.96. The summed E-state index contributed by atoms with van der Waals surface area (Å²) in [6.07, 6.45) is 2.36. The van der Waals surface area contributed by atoms with Crippen LogP contribution in [0.25, 0.3) is 0 Å². The molecule has 7 nitrogen and oxygen atoms in total. The van der Waals surface area contributed by atoms with Gasteiger partial charge in [-0.3, -0.25) is 0 Å². The maximum Gasteiger partial charge on any atom is 0.244 e. The SMILES string of the molecule is COc1ccc(CCNc2nncc(Nc3cccc(C#N)c3)n2)cc1. The van der Waals surface area contributed by atoms with Crippen molar-refractivity contribution in [2.45, 2.75) is 6.42 Å². The lowest BCUT2D eigenvalue weighted by atomic mass is 10.1. The van der Waals surface area contributed by atoms with Crippen LogP contribution in [-0.4, -0.2) is 28.8 Å². The first-order chi connectivity index (χ1) is 12.8. The van der Waals surface area contributed by atoms with Crippen molar-refractivity contribution < 1.29 is 4.74 Å². The zero-order valence-electron chi connectivity index (χ0n) is 14.3. The first-order valence-electron chi connectivity index (χ1n) is 8.10. The molecule has 0 saturated carbocycles. The smallest absolute Gasteiger partial charge is 0.244 e. The van der Waals surface area contributed by atoms with Gasteiger partial charge in [-0.2, -0.15) is 15.3 Å². The molecule has 0 spiro atoms. The van der Waals surface area contributed by atoms with Gasteiger partial charge >= 0.3 is 0 Å². The second-order valence-electron chi connectivity index (χ2n) is 5.51. The van der Waals surface area contributed by atoms with Crippen molar-refractivity contribution in [3.63, 3.8) is 0 Å². The average Bonchev–Trinajstić information content (AvgIpc) is 2.69. The van der Waals surface area contributed by atoms with Gasteiger partial charge in [-0.1, -0.05) is 18.2 Å². The highest BCUT2D eigenvalue weighted by molar-refractivity contribution is 5.58. The fourth-order valence-corrected chi connectivity index (χ4v) is 2.36. The maximum absolute atomic E-state index is 8.96. The Bertz CT molecular complexity index is 904. The lowest BCUT2D eigenvalue weighted by Crippen LogP contribution is -2.09. The zero-order chi connectivity index (χ0) is 18.2. The number of ether oxygens (including phenoxy) is 1. The normalized spacial score (nSPS) is 10.0. The van der Waals surface area contributed by atoms with Crippen molar-refractivity contribution in [1.82, 2.24) is 15.2 Å². The number of nitriles is 1. The minimum absolute atomic E-state index is 0.444. The molecule has 3 rings (SSSR count). The first kappa shape index (κ1) is 17.2. The number of hydrogen-bond donors (Lipinski definition) is 2. The largest absolute Gasteiger partial charge is 0.497 e. The van der Waals surface area contributed by atoms with E-state index in [0.717, 1.165) is 17.9 Å². The highest BCUT2D eigenvalue weighted by Gasteiger charge is 2.02. The summed E-state index contributed by atoms with van der Waals surface area (Å²) in [5.41, 5.74) is 2.54. The van der Waals surface area contributed by atoms with Gasteiger partial charge in [-0.05, 0) is 42.3 Å². The van der Waals surface area contributed by atoms with E-state index in [4.69, 9.17) is 10.00 Å². The Labute approximate surface area is 151 Å². The van der Waals surface area contributed by atoms with E-state index in [9.17, 15) is 0 Å². The summed E-state index contributed by atoms with van der Waals surface area (Å²) >= 11 is 0. The summed E-state index contributed by atoms with van der Waals surface area (Å²) in [7, 11) is 1.65. The molecule has 1 aromatic heterocycles. The second kappa shape index (κ2) is 8.44. The number of aromatic nitrogens is 3. The number of rotatable bonds is 7. The van der Waals surface area contributed by atoms with Gasteiger partial charge in [-0.25, -0.2) is 0 Å². The Balaban J connectivity index is 1.57. The molecule has 0 amide bonds. The van der Waals surface area contributed by atoms with E-state index in [0.29, 0.717) is 23.9 Å². The van der Waals surface area contributed by atoms with Crippen molar-refractivity contribution >= 4 is 17.5 Å². The Morgan fingerprint density at radius 3 is 2.77 bits per heavy atom. The van der Waals surface area contributed by atoms with E-state index in [1.54, 1.807) is 19.2 Å². The van der Waals surface area contributed by atoms with E-state index >= 15 is 0 Å². The third kappa shape index (κ3) is 4.68. The number of methoxy groups -OCH3 is 1. The summed E-state index contributed by atoms with van der Waals surface area (Å²) in [6.45, 7) is 0.682. The van der Waals surface area contributed by atoms with Gasteiger partial charge in [-0.15, -0.1) is 5.10 Å². The van der Waals surface area contributed by atoms with Crippen LogP contribution in [0.1, 0.15) is 11.1 Å². The third-order valence-electron chi connectivity index (χ3n) is 3.68. The van der Waals surface area contributed by atoms with E-state index < -0.39 is 0 Å². The van der Waals surface area contributed by atoms with E-state index in [1.807, 2.05) is 36.4 Å². The number of nitrogens with zero attached hydrogens (tertiary/aromatic N) is 4. The third-order valence-corrected chi connectivity index (χ3v) is 3.68. The number of hydrogen-bond acceptors (Lipinski definition) is 7. The molecule has 0 aliphatic rings. The van der Waals surface area contributed by atoms with Crippen LogP contribution in [0.2, 0.25) is 0 Å². The minimum Gasteiger partial charge on any atom is -0.497 e. The molecule has 3 aromatic rings. The molecule has 0 saturated heterocycles. The van der Waals surface area contributed by atoms with E-state index in [1.165, 1.54) is 11.8 Å². The van der Waals surface area contributed by atoms with Crippen LogP contribution in [-0.2, 0) is 6.42 Å². The van der Waals surface area contributed by atoms with Gasteiger partial charge < -0.3 is 15.4 Å². The second-order valence-corrected chi connectivity index (χ2v) is 5.51. The average molecular weight is 346 g/mol. The quantitative estimate of drug-likeness (QED) is 0.678. The van der Waals surface area contributed by atoms with Gasteiger partial charge in [0.15, 0.2) is 5.82 Å². The molecule has 2 aromatic carbocycles. The first-order valence-corrected chi connectivity index (χ1v) is 8.10. The fourth-order valence-electron chi connectivity index (χ4n) is 2.36. The summed E-state index contributed by atoms with van der Waals surface area (Å²) < 4.78 is 5.15. The molecule has 26 heavy (non-hydrogen) atoms. The molecule has 0 atom stereocenters. The number of anilines is 3. The topological polar surface area (TPSA) is 95.8 Å².